The van der Waals surface area contributed by atoms with E-state index in [-0.39, 0.29) is 12.3 Å². The van der Waals surface area contributed by atoms with Crippen molar-refractivity contribution in [2.24, 2.45) is 5.92 Å². The fourth-order valence-corrected chi connectivity index (χ4v) is 1.14. The van der Waals surface area contributed by atoms with E-state index in [1.54, 1.807) is 24.3 Å². The largest absolute Gasteiger partial charge is 0.419 e. The Balaban J connectivity index is 2.39. The van der Waals surface area contributed by atoms with Crippen LogP contribution in [0, 0.1) is 5.92 Å². The Hall–Kier alpha value is -1.84. The third-order valence-electron chi connectivity index (χ3n) is 1.80. The van der Waals surface area contributed by atoms with Crippen LogP contribution in [0.5, 0.6) is 0 Å². The van der Waals surface area contributed by atoms with E-state index in [0.717, 1.165) is 0 Å². The highest BCUT2D eigenvalue weighted by Crippen LogP contribution is 2.06. The number of benzene rings is 1. The van der Waals surface area contributed by atoms with Gasteiger partial charge in [0, 0.05) is 12.1 Å². The molecule has 0 spiro atoms. The Kier molecular flexibility index (Phi) is 4.51. The fraction of sp³-hybridized carbons (Fsp3) is 0.333. The summed E-state index contributed by atoms with van der Waals surface area (Å²) in [5, 5.41) is 2.46. The molecule has 0 radical (unpaired) electrons. The van der Waals surface area contributed by atoms with Crippen molar-refractivity contribution in [1.29, 1.82) is 0 Å². The summed E-state index contributed by atoms with van der Waals surface area (Å²) < 4.78 is 4.58. The lowest BCUT2D eigenvalue weighted by molar-refractivity contribution is -0.137. The maximum absolute atomic E-state index is 11.3. The van der Waals surface area contributed by atoms with Crippen molar-refractivity contribution >= 4 is 17.7 Å². The average Bonchev–Trinajstić information content (AvgIpc) is 2.17. The summed E-state index contributed by atoms with van der Waals surface area (Å²) in [5.74, 6) is -0.333. The summed E-state index contributed by atoms with van der Waals surface area (Å²) >= 11 is 0. The van der Waals surface area contributed by atoms with Crippen molar-refractivity contribution in [3.8, 4) is 0 Å². The Morgan fingerprint density at radius 3 is 2.44 bits per heavy atom. The van der Waals surface area contributed by atoms with E-state index >= 15 is 0 Å². The third kappa shape index (κ3) is 4.59. The summed E-state index contributed by atoms with van der Waals surface area (Å²) in [6, 6.07) is 8.83. The lowest BCUT2D eigenvalue weighted by Gasteiger charge is -2.06. The summed E-state index contributed by atoms with van der Waals surface area (Å²) in [7, 11) is 0. The number of amides is 1. The lowest BCUT2D eigenvalue weighted by Crippen LogP contribution is -2.19. The van der Waals surface area contributed by atoms with Crippen molar-refractivity contribution in [2.45, 2.75) is 20.3 Å². The third-order valence-corrected chi connectivity index (χ3v) is 1.80. The molecule has 0 unspecified atom stereocenters. The molecule has 0 atom stereocenters. The quantitative estimate of drug-likeness (QED) is 0.630. The second kappa shape index (κ2) is 5.90. The first-order valence-corrected chi connectivity index (χ1v) is 5.14. The van der Waals surface area contributed by atoms with Gasteiger partial charge in [-0.15, -0.1) is 0 Å². The second-order valence-corrected chi connectivity index (χ2v) is 3.85. The van der Waals surface area contributed by atoms with E-state index < -0.39 is 12.1 Å². The molecule has 1 aromatic rings. The zero-order valence-electron chi connectivity index (χ0n) is 9.40. The highest BCUT2D eigenvalue weighted by Gasteiger charge is 2.11. The van der Waals surface area contributed by atoms with Crippen LogP contribution in [-0.2, 0) is 9.53 Å². The number of nitrogens with one attached hydrogen (secondary N) is 1. The van der Waals surface area contributed by atoms with Gasteiger partial charge in [-0.25, -0.2) is 4.79 Å². The summed E-state index contributed by atoms with van der Waals surface area (Å²) in [5.41, 5.74) is 0.602. The Labute approximate surface area is 94.6 Å². The molecule has 1 aromatic carbocycles. The maximum atomic E-state index is 11.3. The van der Waals surface area contributed by atoms with Gasteiger partial charge in [0.05, 0.1) is 0 Å². The molecule has 0 bridgehead atoms. The number of anilines is 1. The van der Waals surface area contributed by atoms with Crippen molar-refractivity contribution in [2.75, 3.05) is 5.32 Å². The van der Waals surface area contributed by atoms with Gasteiger partial charge in [-0.2, -0.15) is 0 Å². The minimum atomic E-state index is -0.739. The fourth-order valence-electron chi connectivity index (χ4n) is 1.14. The van der Waals surface area contributed by atoms with Crippen LogP contribution in [0.4, 0.5) is 10.5 Å². The smallest absolute Gasteiger partial charge is 0.376 e. The Morgan fingerprint density at radius 2 is 1.88 bits per heavy atom. The zero-order valence-corrected chi connectivity index (χ0v) is 9.40. The van der Waals surface area contributed by atoms with E-state index in [9.17, 15) is 9.59 Å². The number of hydrogen-bond donors (Lipinski definition) is 1. The molecular formula is C12H15NO3. The normalized spacial score (nSPS) is 9.94. The number of hydrogen-bond acceptors (Lipinski definition) is 3. The average molecular weight is 221 g/mol. The Bertz CT molecular complexity index is 360. The summed E-state index contributed by atoms with van der Waals surface area (Å²) in [4.78, 5) is 22.4. The monoisotopic (exact) mass is 221 g/mol. The number of esters is 1. The molecule has 0 aliphatic heterocycles. The molecule has 86 valence electrons. The first-order chi connectivity index (χ1) is 7.58. The van der Waals surface area contributed by atoms with Gasteiger partial charge in [0.2, 0.25) is 0 Å². The van der Waals surface area contributed by atoms with Gasteiger partial charge in [0.25, 0.3) is 0 Å². The zero-order chi connectivity index (χ0) is 12.0. The van der Waals surface area contributed by atoms with Gasteiger partial charge in [0.15, 0.2) is 0 Å². The van der Waals surface area contributed by atoms with E-state index in [0.29, 0.717) is 5.69 Å². The van der Waals surface area contributed by atoms with Crippen LogP contribution < -0.4 is 5.32 Å². The molecular weight excluding hydrogens is 206 g/mol. The first kappa shape index (κ1) is 12.2. The molecule has 1 amide bonds. The van der Waals surface area contributed by atoms with Gasteiger partial charge >= 0.3 is 12.1 Å². The molecule has 16 heavy (non-hydrogen) atoms. The van der Waals surface area contributed by atoms with Crippen molar-refractivity contribution in [3.63, 3.8) is 0 Å². The molecule has 0 aliphatic rings. The van der Waals surface area contributed by atoms with Crippen LogP contribution in [0.1, 0.15) is 20.3 Å². The van der Waals surface area contributed by atoms with Crippen LogP contribution in [0.25, 0.3) is 0 Å². The molecule has 0 heterocycles. The minimum absolute atomic E-state index is 0.178. The van der Waals surface area contributed by atoms with Gasteiger partial charge in [-0.05, 0) is 18.1 Å². The van der Waals surface area contributed by atoms with Crippen LogP contribution in [-0.4, -0.2) is 12.1 Å². The summed E-state index contributed by atoms with van der Waals surface area (Å²) in [6.07, 6.45) is -0.501. The van der Waals surface area contributed by atoms with Crippen LogP contribution >= 0.6 is 0 Å². The topological polar surface area (TPSA) is 55.4 Å². The van der Waals surface area contributed by atoms with Crippen LogP contribution in [0.15, 0.2) is 30.3 Å². The summed E-state index contributed by atoms with van der Waals surface area (Å²) in [6.45, 7) is 3.77. The molecule has 0 fully saturated rings. The van der Waals surface area contributed by atoms with Crippen LogP contribution in [0.3, 0.4) is 0 Å². The van der Waals surface area contributed by atoms with Crippen LogP contribution in [0.2, 0.25) is 0 Å². The highest BCUT2D eigenvalue weighted by molar-refractivity contribution is 5.92. The van der Waals surface area contributed by atoms with Crippen molar-refractivity contribution in [1.82, 2.24) is 0 Å². The molecule has 0 saturated carbocycles. The van der Waals surface area contributed by atoms with E-state index in [2.05, 4.69) is 10.1 Å². The molecule has 4 heteroatoms. The Morgan fingerprint density at radius 1 is 1.25 bits per heavy atom. The lowest BCUT2D eigenvalue weighted by atomic mass is 10.1. The number of carbonyl (C=O) groups is 2. The van der Waals surface area contributed by atoms with Gasteiger partial charge in [-0.3, -0.25) is 10.1 Å². The minimum Gasteiger partial charge on any atom is -0.376 e. The second-order valence-electron chi connectivity index (χ2n) is 3.85. The first-order valence-electron chi connectivity index (χ1n) is 5.14. The molecule has 0 saturated heterocycles. The molecule has 1 rings (SSSR count). The molecule has 4 nitrogen and oxygen atoms in total. The van der Waals surface area contributed by atoms with Gasteiger partial charge < -0.3 is 4.74 Å². The van der Waals surface area contributed by atoms with Crippen molar-refractivity contribution in [3.05, 3.63) is 30.3 Å². The highest BCUT2D eigenvalue weighted by atomic mass is 16.6. The van der Waals surface area contributed by atoms with E-state index in [1.807, 2.05) is 19.9 Å². The molecule has 0 aliphatic carbocycles. The predicted molar refractivity (Wildman–Crippen MR) is 61.0 cm³/mol. The number of ether oxygens (including phenoxy) is 1. The standard InChI is InChI=1S/C12H15NO3/c1-9(2)8-11(14)16-12(15)13-10-6-4-3-5-7-10/h3-7,9H,8H2,1-2H3,(H,13,15). The number of para-hydroxylation sites is 1. The predicted octanol–water partition coefficient (Wildman–Crippen LogP) is 2.81. The van der Waals surface area contributed by atoms with Gasteiger partial charge in [-0.1, -0.05) is 32.0 Å². The van der Waals surface area contributed by atoms with E-state index in [4.69, 9.17) is 0 Å². The maximum Gasteiger partial charge on any atom is 0.419 e. The van der Waals surface area contributed by atoms with Gasteiger partial charge in [0.1, 0.15) is 0 Å². The van der Waals surface area contributed by atoms with Crippen molar-refractivity contribution < 1.29 is 14.3 Å². The number of rotatable bonds is 3. The number of carbonyl (C=O) groups excluding carboxylic acids is 2. The molecule has 0 aromatic heterocycles. The SMILES string of the molecule is CC(C)CC(=O)OC(=O)Nc1ccccc1. The molecule has 1 N–H and O–H groups in total. The van der Waals surface area contributed by atoms with E-state index in [1.165, 1.54) is 0 Å².